The number of carbonyl (C=O) groups excluding carboxylic acids is 7. The van der Waals surface area contributed by atoms with Crippen LogP contribution in [0.4, 0.5) is 0 Å². The van der Waals surface area contributed by atoms with Crippen molar-refractivity contribution in [3.05, 3.63) is 175 Å². The number of carbonyl (C=O) groups is 7. The standard InChI is InChI=1S/C59H60O18/c1-5-53(60)70-37-11-9-8-10-34-67-45-22-16-42(17-23-45)56(63)75-49-30-28-48(29-31-49)73-41(4)74-59(66)51-40-50(76-57(64)43-18-24-46(25-19-43)68-35-12-14-38-71-54(61)6-2)32-33-52(51)77-58(65)44-20-26-47(27-21-44)69-36-13-15-39-72-55(62)7-3/h5-7,16-33,40-41H,1-3,8-15,34-39H2,4H3. The molecule has 18 nitrogen and oxygen atoms in total. The number of hydrogen-bond acceptors (Lipinski definition) is 18. The Morgan fingerprint density at radius 3 is 1.16 bits per heavy atom. The van der Waals surface area contributed by atoms with Gasteiger partial charge < -0.3 is 52.1 Å². The summed E-state index contributed by atoms with van der Waals surface area (Å²) in [5.74, 6) is -2.88. The third-order valence-corrected chi connectivity index (χ3v) is 10.6. The molecule has 0 aliphatic rings. The van der Waals surface area contributed by atoms with Crippen molar-refractivity contribution in [2.24, 2.45) is 0 Å². The zero-order valence-corrected chi connectivity index (χ0v) is 42.6. The Morgan fingerprint density at radius 1 is 0.390 bits per heavy atom. The number of hydrogen-bond donors (Lipinski definition) is 0. The van der Waals surface area contributed by atoms with E-state index in [1.807, 2.05) is 0 Å². The largest absolute Gasteiger partial charge is 0.494 e. The third kappa shape index (κ3) is 21.3. The third-order valence-electron chi connectivity index (χ3n) is 10.6. The van der Waals surface area contributed by atoms with Gasteiger partial charge in [-0.2, -0.15) is 0 Å². The van der Waals surface area contributed by atoms with Gasteiger partial charge in [0.1, 0.15) is 45.8 Å². The molecule has 5 aromatic rings. The maximum Gasteiger partial charge on any atom is 0.345 e. The van der Waals surface area contributed by atoms with Crippen molar-refractivity contribution in [2.75, 3.05) is 39.6 Å². The Bertz CT molecular complexity index is 2770. The molecule has 0 N–H and O–H groups in total. The van der Waals surface area contributed by atoms with Crippen LogP contribution in [0.3, 0.4) is 0 Å². The highest BCUT2D eigenvalue weighted by Crippen LogP contribution is 2.29. The van der Waals surface area contributed by atoms with E-state index in [9.17, 15) is 33.6 Å². The zero-order valence-electron chi connectivity index (χ0n) is 42.6. The number of ether oxygens (including phenoxy) is 11. The van der Waals surface area contributed by atoms with Gasteiger partial charge in [-0.15, -0.1) is 0 Å². The van der Waals surface area contributed by atoms with Crippen LogP contribution in [0.25, 0.3) is 0 Å². The van der Waals surface area contributed by atoms with Crippen LogP contribution < -0.4 is 33.2 Å². The monoisotopic (exact) mass is 1060 g/mol. The first-order valence-corrected chi connectivity index (χ1v) is 24.7. The molecule has 0 radical (unpaired) electrons. The number of unbranched alkanes of at least 4 members (excludes halogenated alkanes) is 5. The first-order chi connectivity index (χ1) is 37.3. The lowest BCUT2D eigenvalue weighted by Crippen LogP contribution is -2.22. The van der Waals surface area contributed by atoms with Crippen LogP contribution >= 0.6 is 0 Å². The molecule has 0 aliphatic heterocycles. The molecule has 5 rings (SSSR count). The van der Waals surface area contributed by atoms with Crippen LogP contribution in [0, 0.1) is 0 Å². The van der Waals surface area contributed by atoms with Gasteiger partial charge in [-0.25, -0.2) is 33.6 Å². The average molecular weight is 1060 g/mol. The van der Waals surface area contributed by atoms with Gasteiger partial charge in [0.25, 0.3) is 0 Å². The Kier molecular flexibility index (Phi) is 24.5. The molecule has 0 heterocycles. The number of benzene rings is 5. The zero-order chi connectivity index (χ0) is 55.2. The van der Waals surface area contributed by atoms with Gasteiger partial charge in [0.2, 0.25) is 6.29 Å². The highest BCUT2D eigenvalue weighted by atomic mass is 16.7. The maximum atomic E-state index is 13.8. The summed E-state index contributed by atoms with van der Waals surface area (Å²) < 4.78 is 60.4. The van der Waals surface area contributed by atoms with Gasteiger partial charge in [-0.1, -0.05) is 19.7 Å². The fourth-order valence-corrected chi connectivity index (χ4v) is 6.62. The summed E-state index contributed by atoms with van der Waals surface area (Å²) in [5, 5.41) is 0. The van der Waals surface area contributed by atoms with Crippen LogP contribution in [0.15, 0.2) is 153 Å². The topological polar surface area (TPSA) is 221 Å². The number of rotatable bonds is 33. The fraction of sp³-hybridized carbons (Fsp3) is 0.271. The molecule has 404 valence electrons. The van der Waals surface area contributed by atoms with Crippen LogP contribution in [0.1, 0.15) is 99.7 Å². The van der Waals surface area contributed by atoms with Crippen molar-refractivity contribution in [1.29, 1.82) is 0 Å². The summed E-state index contributed by atoms with van der Waals surface area (Å²) in [5.41, 5.74) is 0.311. The second-order valence-electron chi connectivity index (χ2n) is 16.5. The highest BCUT2D eigenvalue weighted by Gasteiger charge is 2.23. The first kappa shape index (κ1) is 58.7. The van der Waals surface area contributed by atoms with Crippen LogP contribution in [-0.2, 0) is 33.3 Å². The lowest BCUT2D eigenvalue weighted by atomic mass is 10.1. The summed E-state index contributed by atoms with van der Waals surface area (Å²) in [7, 11) is 0. The van der Waals surface area contributed by atoms with Gasteiger partial charge in [0.15, 0.2) is 0 Å². The molecule has 1 unspecified atom stereocenters. The van der Waals surface area contributed by atoms with Crippen molar-refractivity contribution in [3.8, 4) is 40.2 Å². The van der Waals surface area contributed by atoms with E-state index in [0.29, 0.717) is 74.9 Å². The van der Waals surface area contributed by atoms with E-state index >= 15 is 0 Å². The predicted molar refractivity (Wildman–Crippen MR) is 279 cm³/mol. The van der Waals surface area contributed by atoms with E-state index in [1.54, 1.807) is 48.5 Å². The van der Waals surface area contributed by atoms with E-state index in [0.717, 1.165) is 43.9 Å². The van der Waals surface area contributed by atoms with Gasteiger partial charge in [0, 0.05) is 25.2 Å². The molecule has 0 amide bonds. The molecule has 0 saturated carbocycles. The van der Waals surface area contributed by atoms with Crippen LogP contribution in [0.2, 0.25) is 0 Å². The quantitative estimate of drug-likeness (QED) is 0.00952. The Morgan fingerprint density at radius 2 is 0.727 bits per heavy atom. The minimum absolute atomic E-state index is 0.0760. The van der Waals surface area contributed by atoms with Crippen molar-refractivity contribution >= 4 is 41.8 Å². The second kappa shape index (κ2) is 32.2. The molecule has 0 spiro atoms. The lowest BCUT2D eigenvalue weighted by molar-refractivity contribution is -0.138. The van der Waals surface area contributed by atoms with Crippen molar-refractivity contribution in [1.82, 2.24) is 0 Å². The molecule has 0 saturated heterocycles. The second-order valence-corrected chi connectivity index (χ2v) is 16.5. The minimum Gasteiger partial charge on any atom is -0.494 e. The Hall–Kier alpha value is -9.19. The van der Waals surface area contributed by atoms with Gasteiger partial charge >= 0.3 is 41.8 Å². The molecular weight excluding hydrogens is 997 g/mol. The summed E-state index contributed by atoms with van der Waals surface area (Å²) in [6, 6.07) is 28.7. The molecule has 0 fully saturated rings. The molecule has 77 heavy (non-hydrogen) atoms. The molecule has 0 bridgehead atoms. The molecular formula is C59H60O18. The molecule has 5 aromatic carbocycles. The summed E-state index contributed by atoms with van der Waals surface area (Å²) >= 11 is 0. The Balaban J connectivity index is 1.17. The summed E-state index contributed by atoms with van der Waals surface area (Å²) in [6.45, 7) is 13.5. The van der Waals surface area contributed by atoms with Crippen molar-refractivity contribution in [3.63, 3.8) is 0 Å². The average Bonchev–Trinajstić information content (AvgIpc) is 3.44. The first-order valence-electron chi connectivity index (χ1n) is 24.7. The van der Waals surface area contributed by atoms with Gasteiger partial charge in [-0.3, -0.25) is 0 Å². The fourth-order valence-electron chi connectivity index (χ4n) is 6.62. The summed E-state index contributed by atoms with van der Waals surface area (Å²) in [4.78, 5) is 87.0. The van der Waals surface area contributed by atoms with Crippen molar-refractivity contribution in [2.45, 2.75) is 64.6 Å². The molecule has 18 heteroatoms. The maximum absolute atomic E-state index is 13.8. The van der Waals surface area contributed by atoms with Crippen LogP contribution in [-0.4, -0.2) is 87.7 Å². The van der Waals surface area contributed by atoms with E-state index in [-0.39, 0.29) is 52.9 Å². The van der Waals surface area contributed by atoms with Gasteiger partial charge in [-0.05, 0) is 167 Å². The van der Waals surface area contributed by atoms with Crippen LogP contribution in [0.5, 0.6) is 40.2 Å². The number of esters is 7. The summed E-state index contributed by atoms with van der Waals surface area (Å²) in [6.07, 6.45) is 7.82. The highest BCUT2D eigenvalue weighted by molar-refractivity contribution is 5.97. The lowest BCUT2D eigenvalue weighted by Gasteiger charge is -2.17. The SMILES string of the molecule is C=CC(=O)OCCCCCCOc1ccc(C(=O)Oc2ccc(OC(C)OC(=O)c3cc(OC(=O)c4ccc(OCCCCOC(=O)C=C)cc4)ccc3OC(=O)c3ccc(OCCCCOC(=O)C=C)cc3)cc2)cc1. The normalized spacial score (nSPS) is 10.8. The van der Waals surface area contributed by atoms with Crippen molar-refractivity contribution < 1.29 is 85.7 Å². The predicted octanol–water partition coefficient (Wildman–Crippen LogP) is 10.4. The molecule has 0 aromatic heterocycles. The van der Waals surface area contributed by atoms with E-state index in [2.05, 4.69) is 19.7 Å². The molecule has 1 atom stereocenters. The Labute approximate surface area is 446 Å². The minimum atomic E-state index is -1.22. The smallest absolute Gasteiger partial charge is 0.345 e. The van der Waals surface area contributed by atoms with Gasteiger partial charge in [0.05, 0.1) is 56.3 Å². The van der Waals surface area contributed by atoms with E-state index in [1.165, 1.54) is 73.7 Å². The van der Waals surface area contributed by atoms with E-state index in [4.69, 9.17) is 52.1 Å². The van der Waals surface area contributed by atoms with E-state index < -0.39 is 48.1 Å². The molecule has 0 aliphatic carbocycles.